The molecule has 5 nitrogen and oxygen atoms in total. The fourth-order valence-electron chi connectivity index (χ4n) is 2.79. The first-order chi connectivity index (χ1) is 10.9. The predicted octanol–water partition coefficient (Wildman–Crippen LogP) is 3.19. The third-order valence-corrected chi connectivity index (χ3v) is 3.84. The molecule has 0 fully saturated rings. The van der Waals surface area contributed by atoms with Crippen LogP contribution >= 0.6 is 0 Å². The number of hydrogen-bond donors (Lipinski definition) is 1. The van der Waals surface area contributed by atoms with E-state index in [4.69, 9.17) is 0 Å². The molecule has 0 aliphatic rings. The normalized spacial score (nSPS) is 11.7. The lowest BCUT2D eigenvalue weighted by Gasteiger charge is -2.22. The molecule has 126 valence electrons. The van der Waals surface area contributed by atoms with Crippen LogP contribution in [-0.4, -0.2) is 33.2 Å². The molecule has 0 radical (unpaired) electrons. The van der Waals surface area contributed by atoms with E-state index in [-0.39, 0.29) is 12.0 Å². The van der Waals surface area contributed by atoms with Crippen LogP contribution in [0.5, 0.6) is 0 Å². The van der Waals surface area contributed by atoms with Gasteiger partial charge in [0.2, 0.25) is 0 Å². The standard InChI is InChI=1S/C18H28N4O/c1-6-21(7-2)17-16(13-23)19-20-22(17)15-10-8-14(9-11-15)12-18(3,4)5/h8-11,23H,6-7,12-13H2,1-5H3. The number of hydrogen-bond acceptors (Lipinski definition) is 4. The zero-order valence-corrected chi connectivity index (χ0v) is 14.9. The molecule has 23 heavy (non-hydrogen) atoms. The molecule has 1 N–H and O–H groups in total. The van der Waals surface area contributed by atoms with E-state index < -0.39 is 0 Å². The lowest BCUT2D eigenvalue weighted by Crippen LogP contribution is -2.25. The van der Waals surface area contributed by atoms with Gasteiger partial charge in [-0.05, 0) is 43.4 Å². The molecule has 0 saturated heterocycles. The van der Waals surface area contributed by atoms with Crippen LogP contribution in [0.3, 0.4) is 0 Å². The van der Waals surface area contributed by atoms with E-state index in [0.717, 1.165) is 31.0 Å². The van der Waals surface area contributed by atoms with Gasteiger partial charge in [-0.25, -0.2) is 0 Å². The third-order valence-electron chi connectivity index (χ3n) is 3.84. The molecule has 1 aromatic carbocycles. The monoisotopic (exact) mass is 316 g/mol. The van der Waals surface area contributed by atoms with Crippen LogP contribution in [0.1, 0.15) is 45.9 Å². The molecule has 0 atom stereocenters. The zero-order chi connectivity index (χ0) is 17.0. The summed E-state index contributed by atoms with van der Waals surface area (Å²) in [6.07, 6.45) is 1.04. The zero-order valence-electron chi connectivity index (χ0n) is 14.9. The second-order valence-electron chi connectivity index (χ2n) is 7.01. The van der Waals surface area contributed by atoms with E-state index in [1.54, 1.807) is 0 Å². The van der Waals surface area contributed by atoms with E-state index in [9.17, 15) is 5.11 Å². The fraction of sp³-hybridized carbons (Fsp3) is 0.556. The summed E-state index contributed by atoms with van der Waals surface area (Å²) in [6, 6.07) is 8.44. The lowest BCUT2D eigenvalue weighted by molar-refractivity contribution is 0.277. The summed E-state index contributed by atoms with van der Waals surface area (Å²) in [5.41, 5.74) is 3.17. The number of nitrogens with zero attached hydrogens (tertiary/aromatic N) is 4. The second-order valence-corrected chi connectivity index (χ2v) is 7.01. The van der Waals surface area contributed by atoms with Crippen molar-refractivity contribution in [1.29, 1.82) is 0 Å². The minimum absolute atomic E-state index is 0.103. The highest BCUT2D eigenvalue weighted by Crippen LogP contribution is 2.25. The van der Waals surface area contributed by atoms with E-state index in [2.05, 4.69) is 74.1 Å². The first-order valence-corrected chi connectivity index (χ1v) is 8.29. The molecule has 2 rings (SSSR count). The summed E-state index contributed by atoms with van der Waals surface area (Å²) >= 11 is 0. The molecule has 1 aromatic heterocycles. The topological polar surface area (TPSA) is 54.2 Å². The molecule has 0 saturated carbocycles. The maximum absolute atomic E-state index is 9.55. The highest BCUT2D eigenvalue weighted by molar-refractivity contribution is 5.50. The van der Waals surface area contributed by atoms with Gasteiger partial charge in [-0.1, -0.05) is 38.1 Å². The Labute approximate surface area is 138 Å². The van der Waals surface area contributed by atoms with Crippen molar-refractivity contribution in [1.82, 2.24) is 15.0 Å². The van der Waals surface area contributed by atoms with Crippen LogP contribution in [0, 0.1) is 5.41 Å². The summed E-state index contributed by atoms with van der Waals surface area (Å²) in [5, 5.41) is 17.9. The Kier molecular flexibility index (Phi) is 5.42. The molecule has 0 unspecified atom stereocenters. The van der Waals surface area contributed by atoms with Gasteiger partial charge >= 0.3 is 0 Å². The number of aliphatic hydroxyl groups excluding tert-OH is 1. The molecule has 0 amide bonds. The van der Waals surface area contributed by atoms with Crippen molar-refractivity contribution in [2.45, 2.75) is 47.6 Å². The Morgan fingerprint density at radius 2 is 1.70 bits per heavy atom. The van der Waals surface area contributed by atoms with Gasteiger partial charge in [-0.2, -0.15) is 4.68 Å². The smallest absolute Gasteiger partial charge is 0.158 e. The molecule has 0 bridgehead atoms. The van der Waals surface area contributed by atoms with Crippen LogP contribution in [0.4, 0.5) is 5.82 Å². The summed E-state index contributed by atoms with van der Waals surface area (Å²) in [6.45, 7) is 12.5. The Morgan fingerprint density at radius 1 is 1.09 bits per heavy atom. The highest BCUT2D eigenvalue weighted by atomic mass is 16.3. The maximum Gasteiger partial charge on any atom is 0.158 e. The van der Waals surface area contributed by atoms with Gasteiger partial charge < -0.3 is 10.0 Å². The molecular weight excluding hydrogens is 288 g/mol. The maximum atomic E-state index is 9.55. The van der Waals surface area contributed by atoms with E-state index in [0.29, 0.717) is 5.69 Å². The molecule has 0 aliphatic heterocycles. The van der Waals surface area contributed by atoms with Gasteiger partial charge in [-0.3, -0.25) is 0 Å². The third kappa shape index (κ3) is 4.10. The van der Waals surface area contributed by atoms with Gasteiger partial charge in [0.05, 0.1) is 12.3 Å². The van der Waals surface area contributed by atoms with Crippen molar-refractivity contribution in [3.8, 4) is 5.69 Å². The Balaban J connectivity index is 2.37. The largest absolute Gasteiger partial charge is 0.390 e. The van der Waals surface area contributed by atoms with Crippen LogP contribution in [-0.2, 0) is 13.0 Å². The molecule has 0 aliphatic carbocycles. The van der Waals surface area contributed by atoms with Gasteiger partial charge in [0, 0.05) is 13.1 Å². The average Bonchev–Trinajstić information content (AvgIpc) is 2.92. The first kappa shape index (κ1) is 17.5. The number of rotatable bonds is 6. The van der Waals surface area contributed by atoms with Gasteiger partial charge in [0.25, 0.3) is 0 Å². The lowest BCUT2D eigenvalue weighted by atomic mass is 9.88. The van der Waals surface area contributed by atoms with Crippen molar-refractivity contribution >= 4 is 5.82 Å². The number of aliphatic hydroxyl groups is 1. The minimum Gasteiger partial charge on any atom is -0.390 e. The fourth-order valence-corrected chi connectivity index (χ4v) is 2.79. The summed E-state index contributed by atoms with van der Waals surface area (Å²) in [7, 11) is 0. The Morgan fingerprint density at radius 3 is 2.17 bits per heavy atom. The van der Waals surface area contributed by atoms with Crippen molar-refractivity contribution in [2.24, 2.45) is 5.41 Å². The van der Waals surface area contributed by atoms with Crippen molar-refractivity contribution in [3.05, 3.63) is 35.5 Å². The molecule has 0 spiro atoms. The number of benzene rings is 1. The Bertz CT molecular complexity index is 621. The summed E-state index contributed by atoms with van der Waals surface area (Å²) in [5.74, 6) is 0.876. The molecule has 1 heterocycles. The van der Waals surface area contributed by atoms with Gasteiger partial charge in [0.1, 0.15) is 5.69 Å². The van der Waals surface area contributed by atoms with Crippen LogP contribution in [0.2, 0.25) is 0 Å². The van der Waals surface area contributed by atoms with Crippen LogP contribution in [0.25, 0.3) is 5.69 Å². The van der Waals surface area contributed by atoms with Crippen LogP contribution < -0.4 is 4.90 Å². The van der Waals surface area contributed by atoms with Crippen LogP contribution in [0.15, 0.2) is 24.3 Å². The summed E-state index contributed by atoms with van der Waals surface area (Å²) < 4.78 is 1.82. The van der Waals surface area contributed by atoms with E-state index in [1.807, 2.05) is 4.68 Å². The van der Waals surface area contributed by atoms with E-state index >= 15 is 0 Å². The quantitative estimate of drug-likeness (QED) is 0.889. The first-order valence-electron chi connectivity index (χ1n) is 8.29. The number of aromatic nitrogens is 3. The number of anilines is 1. The molecule has 5 heteroatoms. The van der Waals surface area contributed by atoms with Gasteiger partial charge in [0.15, 0.2) is 5.82 Å². The minimum atomic E-state index is -0.103. The highest BCUT2D eigenvalue weighted by Gasteiger charge is 2.18. The van der Waals surface area contributed by atoms with Crippen molar-refractivity contribution < 1.29 is 5.11 Å². The second kappa shape index (κ2) is 7.13. The van der Waals surface area contributed by atoms with Gasteiger partial charge in [-0.15, -0.1) is 5.10 Å². The SMILES string of the molecule is CCN(CC)c1c(CO)nnn1-c1ccc(CC(C)(C)C)cc1. The van der Waals surface area contributed by atoms with Crippen molar-refractivity contribution in [2.75, 3.05) is 18.0 Å². The van der Waals surface area contributed by atoms with Crippen molar-refractivity contribution in [3.63, 3.8) is 0 Å². The Hall–Kier alpha value is -1.88. The average molecular weight is 316 g/mol. The molecular formula is C18H28N4O. The molecule has 2 aromatic rings. The predicted molar refractivity (Wildman–Crippen MR) is 94.0 cm³/mol. The van der Waals surface area contributed by atoms with E-state index in [1.165, 1.54) is 5.56 Å². The summed E-state index contributed by atoms with van der Waals surface area (Å²) in [4.78, 5) is 2.16.